The summed E-state index contributed by atoms with van der Waals surface area (Å²) in [6.45, 7) is 17.9. The third kappa shape index (κ3) is 8.84. The fourth-order valence-electron chi connectivity index (χ4n) is 10.9. The van der Waals surface area contributed by atoms with Crippen molar-refractivity contribution in [2.24, 2.45) is 11.3 Å². The summed E-state index contributed by atoms with van der Waals surface area (Å²) in [7, 11) is 4.32. The Morgan fingerprint density at radius 1 is 1.15 bits per heavy atom. The van der Waals surface area contributed by atoms with E-state index in [2.05, 4.69) is 66.9 Å². The maximum Gasteiger partial charge on any atom is 0.323 e. The smallest absolute Gasteiger partial charge is 0.323 e. The minimum Gasteiger partial charge on any atom is -0.464 e. The molecule has 8 rings (SSSR count). The molecule has 0 spiro atoms. The van der Waals surface area contributed by atoms with E-state index in [0.29, 0.717) is 77.4 Å². The number of pyridine rings is 1. The van der Waals surface area contributed by atoms with Gasteiger partial charge in [-0.3, -0.25) is 29.2 Å². The summed E-state index contributed by atoms with van der Waals surface area (Å²) in [6.07, 6.45) is 5.24. The number of nitrogens with zero attached hydrogens (tertiary/aromatic N) is 7. The van der Waals surface area contributed by atoms with Gasteiger partial charge in [0.25, 0.3) is 5.91 Å². The molecule has 6 atom stereocenters. The number of urea groups is 1. The molecule has 364 valence electrons. The molecule has 4 aliphatic rings. The van der Waals surface area contributed by atoms with E-state index in [0.717, 1.165) is 44.7 Å². The first-order valence-corrected chi connectivity index (χ1v) is 26.8. The number of ether oxygens (including phenoxy) is 2. The number of likely N-dealkylation sites (tertiary alicyclic amines) is 2. The first-order chi connectivity index (χ1) is 32.2. The van der Waals surface area contributed by atoms with Gasteiger partial charge >= 0.3 is 12.0 Å². The van der Waals surface area contributed by atoms with Gasteiger partial charge in [0, 0.05) is 111 Å². The molecule has 4 aliphatic heterocycles. The lowest BCUT2D eigenvalue weighted by atomic mass is 9.84. The zero-order chi connectivity index (χ0) is 49.0. The van der Waals surface area contributed by atoms with Crippen molar-refractivity contribution in [1.29, 1.82) is 0 Å². The number of esters is 1. The van der Waals surface area contributed by atoms with Crippen molar-refractivity contribution in [3.8, 4) is 22.5 Å². The Labute approximate surface area is 409 Å². The Kier molecular flexibility index (Phi) is 13.7. The topological polar surface area (TPSA) is 172 Å². The molecule has 3 aromatic heterocycles. The molecule has 0 saturated carbocycles. The number of aromatic nitrogens is 3. The SMILES string of the molecule is C=CC(=O)N1CC[C@]2([SiH3])[C@@H]1CN2C(=O)N(C)[C@H](C(=O)N[C@H]1Cc2nc(cs2)-c2ccc3c(c2)c(c(-c2cccnc2[C@H](C)OC)n3CC)CC(C)(C)COC(=O)[C@@]2([SiH3])CCCN(N2)C1=O)C(C)C. The van der Waals surface area contributed by atoms with E-state index in [9.17, 15) is 24.0 Å². The van der Waals surface area contributed by atoms with Crippen LogP contribution in [0.2, 0.25) is 0 Å². The summed E-state index contributed by atoms with van der Waals surface area (Å²) in [5, 5.41) is 6.71. The quantitative estimate of drug-likeness (QED) is 0.144. The number of hydrogen-bond acceptors (Lipinski definition) is 11. The van der Waals surface area contributed by atoms with Crippen LogP contribution in [0.5, 0.6) is 0 Å². The predicted molar refractivity (Wildman–Crippen MR) is 270 cm³/mol. The maximum atomic E-state index is 14.8. The number of aryl methyl sites for hydroxylation is 1. The Morgan fingerprint density at radius 2 is 1.91 bits per heavy atom. The van der Waals surface area contributed by atoms with Gasteiger partial charge in [0.1, 0.15) is 17.2 Å². The van der Waals surface area contributed by atoms with Crippen molar-refractivity contribution < 1.29 is 33.4 Å². The van der Waals surface area contributed by atoms with E-state index < -0.39 is 45.6 Å². The second kappa shape index (κ2) is 18.9. The Bertz CT molecular complexity index is 2650. The summed E-state index contributed by atoms with van der Waals surface area (Å²) < 4.78 is 14.4. The minimum atomic E-state index is -1.09. The van der Waals surface area contributed by atoms with Crippen LogP contribution in [-0.2, 0) is 48.0 Å². The number of benzene rings is 1. The van der Waals surface area contributed by atoms with Crippen LogP contribution in [0, 0.1) is 11.3 Å². The highest BCUT2D eigenvalue weighted by Crippen LogP contribution is 2.43. The Morgan fingerprint density at radius 3 is 2.62 bits per heavy atom. The van der Waals surface area contributed by atoms with E-state index in [1.54, 1.807) is 30.2 Å². The molecule has 19 heteroatoms. The fraction of sp³-hybridized carbons (Fsp3) is 0.531. The average molecular weight is 982 g/mol. The number of methoxy groups -OCH3 is 1. The van der Waals surface area contributed by atoms with Crippen LogP contribution in [0.25, 0.3) is 33.4 Å². The number of hydrazine groups is 1. The molecule has 3 saturated heterocycles. The van der Waals surface area contributed by atoms with E-state index in [4.69, 9.17) is 19.4 Å². The zero-order valence-corrected chi connectivity index (χ0v) is 46.0. The van der Waals surface area contributed by atoms with Gasteiger partial charge in [-0.15, -0.1) is 11.3 Å². The molecule has 0 unspecified atom stereocenters. The number of thiazole rings is 1. The molecule has 4 aromatic rings. The molecular weight excluding hydrogens is 915 g/mol. The monoisotopic (exact) mass is 981 g/mol. The minimum absolute atomic E-state index is 0.0743. The summed E-state index contributed by atoms with van der Waals surface area (Å²) >= 11 is 1.42. The van der Waals surface area contributed by atoms with Crippen molar-refractivity contribution in [2.75, 3.05) is 40.4 Å². The number of amides is 5. The van der Waals surface area contributed by atoms with Gasteiger partial charge in [-0.1, -0.05) is 40.3 Å². The second-order valence-electron chi connectivity index (χ2n) is 20.5. The van der Waals surface area contributed by atoms with Crippen molar-refractivity contribution in [2.45, 2.75) is 115 Å². The molecule has 1 aromatic carbocycles. The van der Waals surface area contributed by atoms with Crippen LogP contribution >= 0.6 is 11.3 Å². The maximum absolute atomic E-state index is 14.8. The lowest BCUT2D eigenvalue weighted by Gasteiger charge is -2.56. The molecule has 3 fully saturated rings. The third-order valence-corrected chi connectivity index (χ3v) is 18.5. The molecule has 68 heavy (non-hydrogen) atoms. The van der Waals surface area contributed by atoms with Crippen LogP contribution in [0.15, 0.2) is 54.6 Å². The van der Waals surface area contributed by atoms with Gasteiger partial charge in [-0.25, -0.2) is 15.2 Å². The number of carbonyl (C=O) groups excluding carboxylic acids is 5. The summed E-state index contributed by atoms with van der Waals surface area (Å²) in [4.78, 5) is 85.7. The van der Waals surface area contributed by atoms with E-state index in [-0.39, 0.29) is 43.0 Å². The average Bonchev–Trinajstić information content (AvgIpc) is 3.98. The first-order valence-electron chi connectivity index (χ1n) is 23.9. The van der Waals surface area contributed by atoms with E-state index >= 15 is 0 Å². The first kappa shape index (κ1) is 49.2. The fourth-order valence-corrected chi connectivity index (χ4v) is 13.6. The van der Waals surface area contributed by atoms with Gasteiger partial charge in [-0.05, 0) is 81.4 Å². The molecule has 0 radical (unpaired) electrons. The summed E-state index contributed by atoms with van der Waals surface area (Å²) in [5.74, 6) is -1.73. The lowest BCUT2D eigenvalue weighted by molar-refractivity contribution is -0.158. The second-order valence-corrected chi connectivity index (χ2v) is 24.9. The highest BCUT2D eigenvalue weighted by Gasteiger charge is 2.60. The highest BCUT2D eigenvalue weighted by molar-refractivity contribution is 7.10. The summed E-state index contributed by atoms with van der Waals surface area (Å²) in [6, 6.07) is 8.09. The third-order valence-electron chi connectivity index (χ3n) is 14.8. The van der Waals surface area contributed by atoms with Crippen molar-refractivity contribution in [1.82, 2.24) is 45.0 Å². The highest BCUT2D eigenvalue weighted by atomic mass is 32.1. The molecule has 0 aliphatic carbocycles. The molecule has 5 amide bonds. The van der Waals surface area contributed by atoms with Crippen LogP contribution in [0.3, 0.4) is 0 Å². The molecule has 16 nitrogen and oxygen atoms in total. The van der Waals surface area contributed by atoms with E-state index in [1.165, 1.54) is 27.3 Å². The number of fused-ring (bicyclic) bond motifs is 7. The van der Waals surface area contributed by atoms with Gasteiger partial charge in [-0.2, -0.15) is 0 Å². The van der Waals surface area contributed by atoms with Gasteiger partial charge < -0.3 is 34.1 Å². The lowest BCUT2D eigenvalue weighted by Crippen LogP contribution is -2.75. The van der Waals surface area contributed by atoms with Crippen LogP contribution < -0.4 is 10.7 Å². The molecule has 6 bridgehead atoms. The van der Waals surface area contributed by atoms with Gasteiger partial charge in [0.2, 0.25) is 11.8 Å². The molecule has 7 heterocycles. The predicted octanol–water partition coefficient (Wildman–Crippen LogP) is 3.14. The number of rotatable bonds is 9. The Balaban J connectivity index is 1.16. The Hall–Kier alpha value is -5.22. The van der Waals surface area contributed by atoms with Gasteiger partial charge in [0.05, 0.1) is 40.8 Å². The molecular formula is C49H67N9O7SSi2. The summed E-state index contributed by atoms with van der Waals surface area (Å²) in [5.41, 5.74) is 9.44. The molecule has 2 N–H and O–H groups in total. The normalized spacial score (nSPS) is 24.8. The van der Waals surface area contributed by atoms with Crippen molar-refractivity contribution in [3.05, 3.63) is 70.8 Å². The number of hydrogen-bond donors (Lipinski definition) is 2. The largest absolute Gasteiger partial charge is 0.464 e. The number of nitrogens with one attached hydrogen (secondary N) is 2. The number of cyclic esters (lactones) is 1. The standard InChI is InChI=1S/C49H67N9O7SSi2/c1-10-39(59)56-21-18-49(68)37(56)25-57(49)46(63)54(8)41(28(3)4)43(60)52-34-23-38-51-35(26-66-38)30-15-16-36-32(22-30)33(42(55(36)11-2)31-14-12-19-50-40(31)29(5)64-9)24-47(6,7)27-65-45(62)48(67)17-13-20-58(53-48)44(34)61/h10,12,14-16,19,22,26,28-29,34,37,41,53H,1,11,13,17-18,20-21,23-25,27H2,2-9,67-68H3,(H,52,60)/t29-,34-,37-,41-,48-,49-/m0/s1. The van der Waals surface area contributed by atoms with Crippen molar-refractivity contribution >= 4 is 72.4 Å². The van der Waals surface area contributed by atoms with Crippen LogP contribution in [-0.4, -0.2) is 153 Å². The van der Waals surface area contributed by atoms with Gasteiger partial charge in [0.15, 0.2) is 0 Å². The van der Waals surface area contributed by atoms with Crippen LogP contribution in [0.1, 0.15) is 83.2 Å². The number of likely N-dealkylation sites (N-methyl/N-ethyl adjacent to an activating group) is 1. The van der Waals surface area contributed by atoms with Crippen molar-refractivity contribution in [3.63, 3.8) is 0 Å². The van der Waals surface area contributed by atoms with E-state index in [1.807, 2.05) is 32.2 Å². The zero-order valence-electron chi connectivity index (χ0n) is 41.2. The number of carbonyl (C=O) groups is 5. The van der Waals surface area contributed by atoms with Crippen LogP contribution in [0.4, 0.5) is 4.79 Å².